The first-order valence-electron chi connectivity index (χ1n) is 2.51. The summed E-state index contributed by atoms with van der Waals surface area (Å²) in [5.74, 6) is 0. The van der Waals surface area contributed by atoms with E-state index in [1.165, 1.54) is 6.21 Å². The Bertz CT molecular complexity index is 179. The van der Waals surface area contributed by atoms with Crippen LogP contribution in [0.3, 0.4) is 0 Å². The lowest BCUT2D eigenvalue weighted by molar-refractivity contribution is 1.29. The summed E-state index contributed by atoms with van der Waals surface area (Å²) in [6.45, 7) is 1.67. The molecule has 0 unspecified atom stereocenters. The minimum absolute atomic E-state index is 0.428. The number of hydrogen-bond donors (Lipinski definition) is 1. The van der Waals surface area contributed by atoms with E-state index in [1.807, 2.05) is 6.07 Å². The normalized spacial score (nSPS) is 13.0. The molecule has 9 heavy (non-hydrogen) atoms. The van der Waals surface area contributed by atoms with Crippen molar-refractivity contribution >= 4 is 6.21 Å². The Morgan fingerprint density at radius 3 is 2.44 bits per heavy atom. The highest BCUT2D eigenvalue weighted by Gasteiger charge is 1.90. The molecule has 0 rings (SSSR count). The fourth-order valence-corrected chi connectivity index (χ4v) is 0.348. The third-order valence-corrected chi connectivity index (χ3v) is 0.803. The lowest BCUT2D eigenvalue weighted by atomic mass is 10.3. The molecule has 0 amide bonds. The fourth-order valence-electron chi connectivity index (χ4n) is 0.348. The van der Waals surface area contributed by atoms with Gasteiger partial charge in [-0.1, -0.05) is 0 Å². The molecule has 0 aromatic carbocycles. The van der Waals surface area contributed by atoms with E-state index in [-0.39, 0.29) is 0 Å². The van der Waals surface area contributed by atoms with Gasteiger partial charge in [0.2, 0.25) is 0 Å². The summed E-state index contributed by atoms with van der Waals surface area (Å²) in [5.41, 5.74) is 6.23. The lowest BCUT2D eigenvalue weighted by Gasteiger charge is -1.88. The van der Waals surface area contributed by atoms with Crippen LogP contribution in [0.25, 0.3) is 0 Å². The predicted octanol–water partition coefficient (Wildman–Crippen LogP) is 0.443. The van der Waals surface area contributed by atoms with Crippen LogP contribution in [0.2, 0.25) is 0 Å². The van der Waals surface area contributed by atoms with E-state index in [1.54, 1.807) is 14.0 Å². The SMILES string of the molecule is CN=C/C(C#N)=C(\C)N. The monoisotopic (exact) mass is 123 g/mol. The third kappa shape index (κ3) is 2.50. The summed E-state index contributed by atoms with van der Waals surface area (Å²) < 4.78 is 0. The van der Waals surface area contributed by atoms with Gasteiger partial charge in [-0.25, -0.2) is 0 Å². The molecular weight excluding hydrogens is 114 g/mol. The summed E-state index contributed by atoms with van der Waals surface area (Å²) in [6, 6.07) is 1.91. The Morgan fingerprint density at radius 2 is 2.33 bits per heavy atom. The van der Waals surface area contributed by atoms with Gasteiger partial charge in [0.1, 0.15) is 6.07 Å². The third-order valence-electron chi connectivity index (χ3n) is 0.803. The van der Waals surface area contributed by atoms with Crippen LogP contribution in [0.15, 0.2) is 16.3 Å². The van der Waals surface area contributed by atoms with Gasteiger partial charge in [0.15, 0.2) is 0 Å². The zero-order valence-corrected chi connectivity index (χ0v) is 5.55. The molecule has 0 atom stereocenters. The van der Waals surface area contributed by atoms with E-state index in [0.29, 0.717) is 11.3 Å². The first-order valence-corrected chi connectivity index (χ1v) is 2.51. The van der Waals surface area contributed by atoms with E-state index in [9.17, 15) is 0 Å². The lowest BCUT2D eigenvalue weighted by Crippen LogP contribution is -1.97. The smallest absolute Gasteiger partial charge is 0.103 e. The second kappa shape index (κ2) is 3.67. The van der Waals surface area contributed by atoms with Crippen LogP contribution in [-0.2, 0) is 0 Å². The Hall–Kier alpha value is -1.30. The summed E-state index contributed by atoms with van der Waals surface area (Å²) >= 11 is 0. The average Bonchev–Trinajstić information content (AvgIpc) is 1.82. The van der Waals surface area contributed by atoms with Crippen LogP contribution in [0, 0.1) is 11.3 Å². The topological polar surface area (TPSA) is 62.2 Å². The van der Waals surface area contributed by atoms with Gasteiger partial charge in [-0.3, -0.25) is 4.99 Å². The standard InChI is InChI=1S/C6H9N3/c1-5(8)6(3-7)4-9-2/h4H,8H2,1-2H3/b6-5+,9-4?. The molecule has 0 heterocycles. The molecular formula is C6H9N3. The predicted molar refractivity (Wildman–Crippen MR) is 36.9 cm³/mol. The number of nitrogens with zero attached hydrogens (tertiary/aromatic N) is 2. The number of nitriles is 1. The molecule has 0 fully saturated rings. The van der Waals surface area contributed by atoms with Gasteiger partial charge < -0.3 is 5.73 Å². The van der Waals surface area contributed by atoms with Gasteiger partial charge >= 0.3 is 0 Å². The van der Waals surface area contributed by atoms with Crippen molar-refractivity contribution in [2.75, 3.05) is 7.05 Å². The van der Waals surface area contributed by atoms with Crippen molar-refractivity contribution in [3.8, 4) is 6.07 Å². The van der Waals surface area contributed by atoms with Crippen LogP contribution >= 0.6 is 0 Å². The van der Waals surface area contributed by atoms with Crippen molar-refractivity contribution in [3.63, 3.8) is 0 Å². The van der Waals surface area contributed by atoms with Crippen molar-refractivity contribution in [2.24, 2.45) is 10.7 Å². The second-order valence-corrected chi connectivity index (χ2v) is 1.60. The molecule has 3 nitrogen and oxygen atoms in total. The number of nitrogens with two attached hydrogens (primary N) is 1. The van der Waals surface area contributed by atoms with Crippen LogP contribution in [0.1, 0.15) is 6.92 Å². The maximum atomic E-state index is 8.35. The van der Waals surface area contributed by atoms with Gasteiger partial charge in [0.05, 0.1) is 5.57 Å². The van der Waals surface area contributed by atoms with Crippen molar-refractivity contribution in [1.82, 2.24) is 0 Å². The maximum absolute atomic E-state index is 8.35. The van der Waals surface area contributed by atoms with Gasteiger partial charge in [-0.15, -0.1) is 0 Å². The largest absolute Gasteiger partial charge is 0.401 e. The van der Waals surface area contributed by atoms with E-state index >= 15 is 0 Å². The van der Waals surface area contributed by atoms with Crippen molar-refractivity contribution < 1.29 is 0 Å². The number of hydrogen-bond acceptors (Lipinski definition) is 3. The molecule has 0 spiro atoms. The molecule has 0 aromatic rings. The van der Waals surface area contributed by atoms with E-state index in [2.05, 4.69) is 4.99 Å². The highest BCUT2D eigenvalue weighted by molar-refractivity contribution is 5.84. The van der Waals surface area contributed by atoms with Crippen molar-refractivity contribution in [2.45, 2.75) is 6.92 Å². The summed E-state index contributed by atoms with van der Waals surface area (Å²) in [7, 11) is 1.60. The molecule has 0 aliphatic rings. The molecule has 3 heteroatoms. The Balaban J connectivity index is 4.41. The van der Waals surface area contributed by atoms with Crippen LogP contribution in [0.5, 0.6) is 0 Å². The van der Waals surface area contributed by atoms with E-state index < -0.39 is 0 Å². The van der Waals surface area contributed by atoms with Crippen LogP contribution in [0.4, 0.5) is 0 Å². The van der Waals surface area contributed by atoms with Crippen LogP contribution in [-0.4, -0.2) is 13.3 Å². The fraction of sp³-hybridized carbons (Fsp3) is 0.333. The molecule has 0 radical (unpaired) electrons. The minimum atomic E-state index is 0.428. The Kier molecular flexibility index (Phi) is 3.14. The molecule has 0 saturated carbocycles. The summed E-state index contributed by atoms with van der Waals surface area (Å²) in [6.07, 6.45) is 1.44. The Morgan fingerprint density at radius 1 is 1.78 bits per heavy atom. The second-order valence-electron chi connectivity index (χ2n) is 1.60. The zero-order chi connectivity index (χ0) is 7.28. The van der Waals surface area contributed by atoms with Gasteiger partial charge in [0.25, 0.3) is 0 Å². The highest BCUT2D eigenvalue weighted by Crippen LogP contribution is 1.90. The molecule has 48 valence electrons. The van der Waals surface area contributed by atoms with E-state index in [0.717, 1.165) is 0 Å². The molecule has 0 saturated heterocycles. The quantitative estimate of drug-likeness (QED) is 0.406. The number of allylic oxidation sites excluding steroid dienone is 2. The average molecular weight is 123 g/mol. The molecule has 0 bridgehead atoms. The number of rotatable bonds is 1. The zero-order valence-electron chi connectivity index (χ0n) is 5.55. The van der Waals surface area contributed by atoms with Gasteiger partial charge in [-0.05, 0) is 6.92 Å². The van der Waals surface area contributed by atoms with Crippen molar-refractivity contribution in [3.05, 3.63) is 11.3 Å². The maximum Gasteiger partial charge on any atom is 0.103 e. The molecule has 0 aliphatic carbocycles. The molecule has 0 aliphatic heterocycles. The highest BCUT2D eigenvalue weighted by atomic mass is 14.6. The first kappa shape index (κ1) is 7.70. The van der Waals surface area contributed by atoms with Gasteiger partial charge in [-0.2, -0.15) is 5.26 Å². The number of aliphatic imine (C=N–C) groups is 1. The van der Waals surface area contributed by atoms with Crippen LogP contribution < -0.4 is 5.73 Å². The molecule has 2 N–H and O–H groups in total. The summed E-state index contributed by atoms with van der Waals surface area (Å²) in [5, 5.41) is 8.35. The van der Waals surface area contributed by atoms with E-state index in [4.69, 9.17) is 11.0 Å². The first-order chi connectivity index (χ1) is 4.22. The minimum Gasteiger partial charge on any atom is -0.401 e. The molecule has 0 aromatic heterocycles. The van der Waals surface area contributed by atoms with Crippen molar-refractivity contribution in [1.29, 1.82) is 5.26 Å². The Labute approximate surface area is 54.5 Å². The summed E-state index contributed by atoms with van der Waals surface area (Å²) in [4.78, 5) is 3.64. The van der Waals surface area contributed by atoms with Gasteiger partial charge in [0, 0.05) is 19.0 Å².